The summed E-state index contributed by atoms with van der Waals surface area (Å²) in [5, 5.41) is 3.21. The van der Waals surface area contributed by atoms with E-state index in [-0.39, 0.29) is 0 Å². The Hall–Kier alpha value is -2.62. The average Bonchev–Trinajstić information content (AvgIpc) is 2.94. The number of fused-ring (bicyclic) bond motifs is 1. The number of anilines is 1. The van der Waals surface area contributed by atoms with Crippen molar-refractivity contribution in [3.8, 4) is 0 Å². The van der Waals surface area contributed by atoms with Gasteiger partial charge in [0.25, 0.3) is 0 Å². The topological polar surface area (TPSA) is 53.6 Å². The largest absolute Gasteiger partial charge is 0.345 e. The quantitative estimate of drug-likeness (QED) is 0.741. The second-order valence-corrected chi connectivity index (χ2v) is 4.68. The fraction of sp³-hybridized carbons (Fsp3) is 0.125. The molecule has 3 aromatic rings. The molecule has 0 radical (unpaired) electrons. The van der Waals surface area contributed by atoms with Crippen LogP contribution in [-0.2, 0) is 6.42 Å². The summed E-state index contributed by atoms with van der Waals surface area (Å²) in [7, 11) is 0. The first kappa shape index (κ1) is 12.4. The number of allylic oxidation sites excluding steroid dienone is 1. The van der Waals surface area contributed by atoms with Gasteiger partial charge in [-0.05, 0) is 24.5 Å². The van der Waals surface area contributed by atoms with Crippen LogP contribution < -0.4 is 5.32 Å². The zero-order valence-electron chi connectivity index (χ0n) is 11.1. The van der Waals surface area contributed by atoms with Crippen molar-refractivity contribution in [1.29, 1.82) is 0 Å². The van der Waals surface area contributed by atoms with Crippen LogP contribution in [0.2, 0.25) is 0 Å². The van der Waals surface area contributed by atoms with Crippen LogP contribution in [0.15, 0.2) is 61.1 Å². The molecule has 0 saturated heterocycles. The predicted octanol–water partition coefficient (Wildman–Crippen LogP) is 3.52. The molecule has 2 aromatic heterocycles. The highest BCUT2D eigenvalue weighted by Gasteiger charge is 2.02. The molecule has 0 aliphatic carbocycles. The minimum absolute atomic E-state index is 0.732. The van der Waals surface area contributed by atoms with Crippen LogP contribution in [0.4, 0.5) is 5.82 Å². The maximum Gasteiger partial charge on any atom is 0.156 e. The highest BCUT2D eigenvalue weighted by Crippen LogP contribution is 2.13. The van der Waals surface area contributed by atoms with Gasteiger partial charge in [0.05, 0.1) is 6.20 Å². The molecule has 0 aliphatic heterocycles. The van der Waals surface area contributed by atoms with Crippen LogP contribution in [-0.4, -0.2) is 15.0 Å². The van der Waals surface area contributed by atoms with Crippen LogP contribution in [0.25, 0.3) is 11.2 Å². The molecule has 0 saturated carbocycles. The first-order chi connectivity index (χ1) is 9.81. The van der Waals surface area contributed by atoms with Gasteiger partial charge >= 0.3 is 0 Å². The molecule has 2 heterocycles. The Labute approximate surface area is 117 Å². The highest BCUT2D eigenvalue weighted by atomic mass is 15.0. The molecule has 0 atom stereocenters. The van der Waals surface area contributed by atoms with Crippen molar-refractivity contribution < 1.29 is 0 Å². The van der Waals surface area contributed by atoms with E-state index in [1.165, 1.54) is 5.56 Å². The molecule has 0 bridgehead atoms. The molecule has 4 nitrogen and oxygen atoms in total. The highest BCUT2D eigenvalue weighted by molar-refractivity contribution is 5.72. The summed E-state index contributed by atoms with van der Waals surface area (Å²) in [6, 6.07) is 12.3. The summed E-state index contributed by atoms with van der Waals surface area (Å²) < 4.78 is 0. The van der Waals surface area contributed by atoms with Crippen LogP contribution in [0.5, 0.6) is 0 Å². The number of aromatic nitrogens is 3. The van der Waals surface area contributed by atoms with Gasteiger partial charge in [-0.15, -0.1) is 0 Å². The summed E-state index contributed by atoms with van der Waals surface area (Å²) in [5.41, 5.74) is 3.90. The Morgan fingerprint density at radius 1 is 1.20 bits per heavy atom. The van der Waals surface area contributed by atoms with Gasteiger partial charge in [-0.2, -0.15) is 0 Å². The van der Waals surface area contributed by atoms with Crippen molar-refractivity contribution in [2.24, 2.45) is 0 Å². The molecule has 3 rings (SSSR count). The fourth-order valence-corrected chi connectivity index (χ4v) is 2.07. The van der Waals surface area contributed by atoms with Crippen LogP contribution in [0.3, 0.4) is 0 Å². The van der Waals surface area contributed by atoms with Crippen molar-refractivity contribution in [3.05, 3.63) is 66.6 Å². The Morgan fingerprint density at radius 3 is 2.90 bits per heavy atom. The summed E-state index contributed by atoms with van der Waals surface area (Å²) in [6.45, 7) is 4.05. The molecule has 100 valence electrons. The first-order valence-electron chi connectivity index (χ1n) is 6.60. The number of aryl methyl sites for hydroxylation is 1. The lowest BCUT2D eigenvalue weighted by atomic mass is 10.1. The van der Waals surface area contributed by atoms with Crippen LogP contribution in [0, 0.1) is 0 Å². The van der Waals surface area contributed by atoms with E-state index < -0.39 is 0 Å². The van der Waals surface area contributed by atoms with E-state index >= 15 is 0 Å². The Balaban J connectivity index is 1.61. The van der Waals surface area contributed by atoms with Crippen molar-refractivity contribution in [2.75, 3.05) is 5.32 Å². The zero-order valence-corrected chi connectivity index (χ0v) is 11.1. The van der Waals surface area contributed by atoms with E-state index in [0.717, 1.165) is 35.5 Å². The van der Waals surface area contributed by atoms with E-state index in [1.54, 1.807) is 6.20 Å². The monoisotopic (exact) mass is 264 g/mol. The number of aromatic amines is 1. The van der Waals surface area contributed by atoms with Crippen molar-refractivity contribution in [2.45, 2.75) is 12.8 Å². The summed E-state index contributed by atoms with van der Waals surface area (Å²) >= 11 is 0. The van der Waals surface area contributed by atoms with Gasteiger partial charge in [0.2, 0.25) is 0 Å². The third-order valence-electron chi connectivity index (χ3n) is 3.12. The molecular formula is C16H16N4. The number of H-pyrrole nitrogens is 1. The molecule has 0 aliphatic rings. The van der Waals surface area contributed by atoms with Crippen molar-refractivity contribution in [3.63, 3.8) is 0 Å². The zero-order chi connectivity index (χ0) is 13.8. The number of rotatable bonds is 5. The van der Waals surface area contributed by atoms with Gasteiger partial charge in [-0.3, -0.25) is 0 Å². The van der Waals surface area contributed by atoms with Gasteiger partial charge < -0.3 is 10.3 Å². The lowest BCUT2D eigenvalue weighted by Crippen LogP contribution is -2.02. The van der Waals surface area contributed by atoms with E-state index in [2.05, 4.69) is 51.1 Å². The third-order valence-corrected chi connectivity index (χ3v) is 3.12. The Morgan fingerprint density at radius 2 is 2.05 bits per heavy atom. The second kappa shape index (κ2) is 5.57. The standard InChI is InChI=1S/C16H16N4/c1-12(7-8-13-5-3-2-4-6-13)19-15-11-18-16-14(20-15)9-10-17-16/h2-6,9-11H,1,7-8H2,(H,17,18)(H,19,20). The number of hydrogen-bond acceptors (Lipinski definition) is 3. The van der Waals surface area contributed by atoms with E-state index in [0.29, 0.717) is 0 Å². The molecule has 4 heteroatoms. The summed E-state index contributed by atoms with van der Waals surface area (Å²) in [6.07, 6.45) is 5.38. The molecule has 20 heavy (non-hydrogen) atoms. The number of hydrogen-bond donors (Lipinski definition) is 2. The Kier molecular flexibility index (Phi) is 3.46. The van der Waals surface area contributed by atoms with Crippen LogP contribution in [0.1, 0.15) is 12.0 Å². The summed E-state index contributed by atoms with van der Waals surface area (Å²) in [4.78, 5) is 11.8. The minimum atomic E-state index is 0.732. The molecule has 0 fully saturated rings. The van der Waals surface area contributed by atoms with Crippen LogP contribution >= 0.6 is 0 Å². The van der Waals surface area contributed by atoms with Gasteiger partial charge in [0.1, 0.15) is 11.3 Å². The van der Waals surface area contributed by atoms with E-state index in [1.807, 2.05) is 18.3 Å². The van der Waals surface area contributed by atoms with Gasteiger partial charge in [-0.25, -0.2) is 9.97 Å². The normalized spacial score (nSPS) is 10.6. The number of nitrogens with one attached hydrogen (secondary N) is 2. The SMILES string of the molecule is C=C(CCc1ccccc1)Nc1cnc2[nH]ccc2n1. The number of nitrogens with zero attached hydrogens (tertiary/aromatic N) is 2. The molecule has 1 aromatic carbocycles. The fourth-order valence-electron chi connectivity index (χ4n) is 2.07. The van der Waals surface area contributed by atoms with E-state index in [9.17, 15) is 0 Å². The predicted molar refractivity (Wildman–Crippen MR) is 81.4 cm³/mol. The van der Waals surface area contributed by atoms with Gasteiger partial charge in [-0.1, -0.05) is 36.9 Å². The van der Waals surface area contributed by atoms with Crippen molar-refractivity contribution in [1.82, 2.24) is 15.0 Å². The minimum Gasteiger partial charge on any atom is -0.345 e. The average molecular weight is 264 g/mol. The summed E-state index contributed by atoms with van der Waals surface area (Å²) in [5.74, 6) is 0.732. The Bertz CT molecular complexity index is 715. The third kappa shape index (κ3) is 2.85. The lowest BCUT2D eigenvalue weighted by Gasteiger charge is -2.08. The van der Waals surface area contributed by atoms with Crippen molar-refractivity contribution >= 4 is 17.0 Å². The smallest absolute Gasteiger partial charge is 0.156 e. The number of benzene rings is 1. The molecular weight excluding hydrogens is 248 g/mol. The lowest BCUT2D eigenvalue weighted by molar-refractivity contribution is 0.946. The van der Waals surface area contributed by atoms with Gasteiger partial charge in [0.15, 0.2) is 5.65 Å². The molecule has 0 spiro atoms. The molecule has 0 amide bonds. The first-order valence-corrected chi connectivity index (χ1v) is 6.60. The second-order valence-electron chi connectivity index (χ2n) is 4.68. The maximum absolute atomic E-state index is 4.46. The molecule has 0 unspecified atom stereocenters. The maximum atomic E-state index is 4.46. The van der Waals surface area contributed by atoms with E-state index in [4.69, 9.17) is 0 Å². The van der Waals surface area contributed by atoms with Gasteiger partial charge in [0, 0.05) is 11.9 Å². The molecule has 2 N–H and O–H groups in total.